The Morgan fingerprint density at radius 1 is 1.53 bits per heavy atom. The van der Waals surface area contributed by atoms with Crippen LogP contribution in [0, 0.1) is 6.92 Å². The number of nitrogens with one attached hydrogen (secondary N) is 1. The van der Waals surface area contributed by atoms with Crippen LogP contribution in [0.1, 0.15) is 16.3 Å². The van der Waals surface area contributed by atoms with Gasteiger partial charge in [-0.2, -0.15) is 0 Å². The first kappa shape index (κ1) is 12.1. The maximum atomic E-state index is 11.7. The van der Waals surface area contributed by atoms with Crippen LogP contribution in [0.15, 0.2) is 33.3 Å². The van der Waals surface area contributed by atoms with Crippen LogP contribution < -0.4 is 5.32 Å². The molecule has 0 bridgehead atoms. The number of hydrogen-bond donors (Lipinski definition) is 1. The van der Waals surface area contributed by atoms with Gasteiger partial charge in [0.1, 0.15) is 10.9 Å². The molecule has 0 aliphatic rings. The van der Waals surface area contributed by atoms with Gasteiger partial charge in [0.05, 0.1) is 16.4 Å². The average molecular weight is 316 g/mol. The van der Waals surface area contributed by atoms with Gasteiger partial charge in [-0.1, -0.05) is 11.6 Å². The van der Waals surface area contributed by atoms with Crippen molar-refractivity contribution in [3.8, 4) is 0 Å². The second kappa shape index (κ2) is 4.89. The van der Waals surface area contributed by atoms with Crippen LogP contribution in [0.3, 0.4) is 0 Å². The summed E-state index contributed by atoms with van der Waals surface area (Å²) in [5.41, 5.74) is 0.542. The maximum absolute atomic E-state index is 11.7. The van der Waals surface area contributed by atoms with E-state index in [1.54, 1.807) is 25.1 Å². The van der Waals surface area contributed by atoms with Crippen molar-refractivity contribution >= 4 is 39.1 Å². The molecule has 0 saturated carbocycles. The number of nitrogens with zero attached hydrogens (tertiary/aromatic N) is 1. The van der Waals surface area contributed by atoms with Gasteiger partial charge < -0.3 is 9.73 Å². The highest BCUT2D eigenvalue weighted by atomic mass is 79.9. The molecule has 0 spiro atoms. The Morgan fingerprint density at radius 2 is 2.29 bits per heavy atom. The predicted molar refractivity (Wildman–Crippen MR) is 68.3 cm³/mol. The molecule has 0 aliphatic heterocycles. The summed E-state index contributed by atoms with van der Waals surface area (Å²) in [6, 6.07) is 5.01. The van der Waals surface area contributed by atoms with Crippen molar-refractivity contribution in [2.24, 2.45) is 0 Å². The summed E-state index contributed by atoms with van der Waals surface area (Å²) < 4.78 is 5.82. The van der Waals surface area contributed by atoms with Gasteiger partial charge in [-0.15, -0.1) is 0 Å². The molecule has 2 rings (SSSR count). The zero-order chi connectivity index (χ0) is 12.4. The monoisotopic (exact) mass is 314 g/mol. The topological polar surface area (TPSA) is 55.1 Å². The van der Waals surface area contributed by atoms with Gasteiger partial charge in [0, 0.05) is 0 Å². The van der Waals surface area contributed by atoms with Crippen molar-refractivity contribution in [2.75, 3.05) is 5.32 Å². The number of rotatable bonds is 2. The Kier molecular flexibility index (Phi) is 3.49. The first-order chi connectivity index (χ1) is 8.06. The lowest BCUT2D eigenvalue weighted by Crippen LogP contribution is -2.11. The third-order valence-corrected chi connectivity index (χ3v) is 3.15. The molecule has 4 nitrogen and oxygen atoms in total. The van der Waals surface area contributed by atoms with E-state index >= 15 is 0 Å². The molecular weight excluding hydrogens is 307 g/mol. The normalized spacial score (nSPS) is 10.3. The molecule has 2 heterocycles. The number of furan rings is 1. The number of aromatic nitrogens is 1. The molecule has 1 N–H and O–H groups in total. The summed E-state index contributed by atoms with van der Waals surface area (Å²) in [4.78, 5) is 15.6. The molecule has 0 unspecified atom stereocenters. The minimum absolute atomic E-state index is 0.258. The predicted octanol–water partition coefficient (Wildman–Crippen LogP) is 3.65. The molecule has 2 aromatic heterocycles. The average Bonchev–Trinajstić information content (AvgIpc) is 2.70. The van der Waals surface area contributed by atoms with Crippen LogP contribution in [-0.2, 0) is 0 Å². The molecule has 6 heteroatoms. The third kappa shape index (κ3) is 2.87. The summed E-state index contributed by atoms with van der Waals surface area (Å²) in [6.07, 6.45) is 1.47. The van der Waals surface area contributed by atoms with Crippen LogP contribution in [0.2, 0.25) is 5.15 Å². The van der Waals surface area contributed by atoms with E-state index in [0.717, 1.165) is 0 Å². The number of carbonyl (C=O) groups excluding carboxylic acids is 1. The van der Waals surface area contributed by atoms with Crippen LogP contribution in [-0.4, -0.2) is 10.9 Å². The van der Waals surface area contributed by atoms with Gasteiger partial charge in [-0.3, -0.25) is 4.79 Å². The number of halogens is 2. The van der Waals surface area contributed by atoms with E-state index in [0.29, 0.717) is 21.1 Å². The summed E-state index contributed by atoms with van der Waals surface area (Å²) in [7, 11) is 0. The lowest BCUT2D eigenvalue weighted by atomic mass is 10.3. The maximum Gasteiger partial charge on any atom is 0.291 e. The van der Waals surface area contributed by atoms with Gasteiger partial charge in [-0.25, -0.2) is 4.98 Å². The first-order valence-electron chi connectivity index (χ1n) is 4.75. The highest BCUT2D eigenvalue weighted by Crippen LogP contribution is 2.23. The Balaban J connectivity index is 2.15. The minimum atomic E-state index is -0.325. The van der Waals surface area contributed by atoms with Crippen LogP contribution in [0.25, 0.3) is 0 Å². The summed E-state index contributed by atoms with van der Waals surface area (Å²) >= 11 is 8.98. The molecule has 0 aliphatic carbocycles. The van der Waals surface area contributed by atoms with Crippen LogP contribution in [0.4, 0.5) is 5.69 Å². The Labute approximate surface area is 111 Å². The number of carbonyl (C=O) groups is 1. The molecule has 2 aromatic rings. The van der Waals surface area contributed by atoms with Gasteiger partial charge in [0.25, 0.3) is 5.91 Å². The van der Waals surface area contributed by atoms with E-state index < -0.39 is 0 Å². The molecule has 1 amide bonds. The van der Waals surface area contributed by atoms with Gasteiger partial charge in [0.2, 0.25) is 0 Å². The Morgan fingerprint density at radius 3 is 2.88 bits per heavy atom. The molecule has 17 heavy (non-hydrogen) atoms. The quantitative estimate of drug-likeness (QED) is 0.861. The zero-order valence-electron chi connectivity index (χ0n) is 8.83. The molecule has 0 fully saturated rings. The molecule has 0 aromatic carbocycles. The van der Waals surface area contributed by atoms with E-state index in [1.807, 2.05) is 0 Å². The lowest BCUT2D eigenvalue weighted by Gasteiger charge is -2.03. The molecule has 88 valence electrons. The van der Waals surface area contributed by atoms with E-state index in [2.05, 4.69) is 26.2 Å². The van der Waals surface area contributed by atoms with E-state index in [4.69, 9.17) is 16.0 Å². The standard InChI is InChI=1S/C11H8BrClN2O2/c1-6-2-3-9(17-6)11(16)15-7-4-8(12)10(13)14-5-7/h2-5H,1H3,(H,15,16). The van der Waals surface area contributed by atoms with Gasteiger partial charge in [0.15, 0.2) is 5.76 Å². The van der Waals surface area contributed by atoms with Crippen molar-refractivity contribution < 1.29 is 9.21 Å². The van der Waals surface area contributed by atoms with Crippen LogP contribution >= 0.6 is 27.5 Å². The largest absolute Gasteiger partial charge is 0.456 e. The third-order valence-electron chi connectivity index (χ3n) is 2.02. The molecule has 0 saturated heterocycles. The first-order valence-corrected chi connectivity index (χ1v) is 5.92. The van der Waals surface area contributed by atoms with E-state index in [9.17, 15) is 4.79 Å². The fraction of sp³-hybridized carbons (Fsp3) is 0.0909. The number of amides is 1. The second-order valence-electron chi connectivity index (χ2n) is 3.36. The summed E-state index contributed by atoms with van der Waals surface area (Å²) in [5, 5.41) is 3.00. The van der Waals surface area contributed by atoms with Crippen molar-refractivity contribution in [3.05, 3.63) is 45.5 Å². The number of aryl methyl sites for hydroxylation is 1. The zero-order valence-corrected chi connectivity index (χ0v) is 11.2. The molecule has 0 atom stereocenters. The fourth-order valence-electron chi connectivity index (χ4n) is 1.24. The van der Waals surface area contributed by atoms with E-state index in [-0.39, 0.29) is 11.7 Å². The Hall–Kier alpha value is -1.33. The lowest BCUT2D eigenvalue weighted by molar-refractivity contribution is 0.0995. The van der Waals surface area contributed by atoms with Crippen molar-refractivity contribution in [1.82, 2.24) is 4.98 Å². The van der Waals surface area contributed by atoms with Crippen molar-refractivity contribution in [3.63, 3.8) is 0 Å². The number of anilines is 1. The van der Waals surface area contributed by atoms with Crippen molar-refractivity contribution in [2.45, 2.75) is 6.92 Å². The van der Waals surface area contributed by atoms with E-state index in [1.165, 1.54) is 6.20 Å². The molecular formula is C11H8BrClN2O2. The summed E-state index contributed by atoms with van der Waals surface area (Å²) in [5.74, 6) is 0.619. The summed E-state index contributed by atoms with van der Waals surface area (Å²) in [6.45, 7) is 1.78. The van der Waals surface area contributed by atoms with Gasteiger partial charge in [-0.05, 0) is 41.1 Å². The number of pyridine rings is 1. The van der Waals surface area contributed by atoms with Crippen molar-refractivity contribution in [1.29, 1.82) is 0 Å². The number of hydrogen-bond acceptors (Lipinski definition) is 3. The highest BCUT2D eigenvalue weighted by Gasteiger charge is 2.11. The van der Waals surface area contributed by atoms with Gasteiger partial charge >= 0.3 is 0 Å². The fourth-order valence-corrected chi connectivity index (χ4v) is 1.69. The smallest absolute Gasteiger partial charge is 0.291 e. The molecule has 0 radical (unpaired) electrons. The minimum Gasteiger partial charge on any atom is -0.456 e. The Bertz CT molecular complexity index is 568. The highest BCUT2D eigenvalue weighted by molar-refractivity contribution is 9.10. The SMILES string of the molecule is Cc1ccc(C(=O)Nc2cnc(Cl)c(Br)c2)o1. The van der Waals surface area contributed by atoms with Crippen LogP contribution in [0.5, 0.6) is 0 Å². The second-order valence-corrected chi connectivity index (χ2v) is 4.57.